The van der Waals surface area contributed by atoms with Gasteiger partial charge in [0, 0.05) is 10.5 Å². The summed E-state index contributed by atoms with van der Waals surface area (Å²) in [5.74, 6) is 0.933. The van der Waals surface area contributed by atoms with E-state index in [2.05, 4.69) is 43.0 Å². The zero-order valence-corrected chi connectivity index (χ0v) is 15.1. The van der Waals surface area contributed by atoms with Crippen LogP contribution >= 0.6 is 24.8 Å². The number of hydrogen-bond donors (Lipinski definition) is 2. The van der Waals surface area contributed by atoms with E-state index < -0.39 is 0 Å². The Bertz CT molecular complexity index is 1070. The Labute approximate surface area is 159 Å². The van der Waals surface area contributed by atoms with E-state index in [1.165, 1.54) is 6.20 Å². The molecular formula is C18H12N6S2. The molecule has 2 aromatic carbocycles. The van der Waals surface area contributed by atoms with Crippen molar-refractivity contribution in [3.8, 4) is 34.0 Å². The van der Waals surface area contributed by atoms with Crippen LogP contribution in [0.3, 0.4) is 0 Å². The number of H-pyrrole nitrogens is 1. The Balaban J connectivity index is 1.58. The normalized spacial score (nSPS) is 10.7. The lowest BCUT2D eigenvalue weighted by Crippen LogP contribution is -1.98. The van der Waals surface area contributed by atoms with Gasteiger partial charge < -0.3 is 0 Å². The van der Waals surface area contributed by atoms with Gasteiger partial charge in [-0.05, 0) is 23.3 Å². The first-order valence-corrected chi connectivity index (χ1v) is 8.56. The van der Waals surface area contributed by atoms with Crippen molar-refractivity contribution >= 4 is 24.8 Å². The maximum absolute atomic E-state index is 4.92. The largest absolute Gasteiger partial charge is 0.264 e. The van der Waals surface area contributed by atoms with Crippen molar-refractivity contribution in [2.24, 2.45) is 0 Å². The number of aromatic nitrogens is 6. The van der Waals surface area contributed by atoms with Crippen LogP contribution in [-0.4, -0.2) is 30.4 Å². The molecule has 4 rings (SSSR count). The minimum absolute atomic E-state index is 0.396. The van der Waals surface area contributed by atoms with Crippen molar-refractivity contribution in [1.29, 1.82) is 0 Å². The van der Waals surface area contributed by atoms with Crippen LogP contribution in [0.2, 0.25) is 0 Å². The second kappa shape index (κ2) is 7.11. The monoisotopic (exact) mass is 376 g/mol. The standard InChI is InChI=1S/C18H12N6S2/c25-14-7-5-12(6-8-14)11-1-3-13(4-2-11)17-19-9-15(21-23-17)18-20-10-16(26)22-24-18/h1-10,25H,(H,22,26). The van der Waals surface area contributed by atoms with E-state index in [9.17, 15) is 0 Å². The first kappa shape index (κ1) is 16.5. The minimum atomic E-state index is 0.396. The lowest BCUT2D eigenvalue weighted by molar-refractivity contribution is 0.921. The van der Waals surface area contributed by atoms with Crippen LogP contribution in [0, 0.1) is 4.64 Å². The maximum atomic E-state index is 4.92. The van der Waals surface area contributed by atoms with E-state index in [1.54, 1.807) is 6.20 Å². The van der Waals surface area contributed by atoms with Gasteiger partial charge in [-0.1, -0.05) is 48.6 Å². The van der Waals surface area contributed by atoms with E-state index >= 15 is 0 Å². The molecule has 126 valence electrons. The molecule has 8 heteroatoms. The SMILES string of the molecule is S=c1cnc(-c2cnc(-c3ccc(-c4ccc(S)cc4)cc3)nn2)n[nH]1. The van der Waals surface area contributed by atoms with Crippen molar-refractivity contribution in [2.45, 2.75) is 4.90 Å². The van der Waals surface area contributed by atoms with Gasteiger partial charge in [0.05, 0.1) is 12.4 Å². The van der Waals surface area contributed by atoms with Crippen LogP contribution in [0.5, 0.6) is 0 Å². The Morgan fingerprint density at radius 3 is 1.92 bits per heavy atom. The van der Waals surface area contributed by atoms with E-state index in [0.29, 0.717) is 22.0 Å². The smallest absolute Gasteiger partial charge is 0.201 e. The summed E-state index contributed by atoms with van der Waals surface area (Å²) in [4.78, 5) is 9.40. The molecular weight excluding hydrogens is 364 g/mol. The zero-order chi connectivity index (χ0) is 17.9. The number of nitrogens with zero attached hydrogens (tertiary/aromatic N) is 5. The highest BCUT2D eigenvalue weighted by atomic mass is 32.1. The zero-order valence-electron chi connectivity index (χ0n) is 13.4. The third-order valence-corrected chi connectivity index (χ3v) is 4.21. The average Bonchev–Trinajstić information content (AvgIpc) is 2.70. The van der Waals surface area contributed by atoms with Gasteiger partial charge in [-0.25, -0.2) is 9.97 Å². The molecule has 0 bridgehead atoms. The third kappa shape index (κ3) is 3.51. The van der Waals surface area contributed by atoms with Crippen LogP contribution in [0.1, 0.15) is 0 Å². The highest BCUT2D eigenvalue weighted by Gasteiger charge is 2.07. The van der Waals surface area contributed by atoms with Crippen molar-refractivity contribution in [2.75, 3.05) is 0 Å². The summed E-state index contributed by atoms with van der Waals surface area (Å²) >= 11 is 9.23. The minimum Gasteiger partial charge on any atom is -0.264 e. The molecule has 6 nitrogen and oxygen atoms in total. The fourth-order valence-corrected chi connectivity index (χ4v) is 2.63. The Morgan fingerprint density at radius 1 is 0.731 bits per heavy atom. The van der Waals surface area contributed by atoms with E-state index in [-0.39, 0.29) is 0 Å². The molecule has 0 aliphatic carbocycles. The summed E-state index contributed by atoms with van der Waals surface area (Å²) < 4.78 is 0.454. The summed E-state index contributed by atoms with van der Waals surface area (Å²) in [6, 6.07) is 16.0. The van der Waals surface area contributed by atoms with E-state index in [0.717, 1.165) is 21.6 Å². The van der Waals surface area contributed by atoms with E-state index in [1.807, 2.05) is 48.5 Å². The summed E-state index contributed by atoms with van der Waals surface area (Å²) in [7, 11) is 0. The highest BCUT2D eigenvalue weighted by Crippen LogP contribution is 2.24. The lowest BCUT2D eigenvalue weighted by atomic mass is 10.0. The van der Waals surface area contributed by atoms with Crippen molar-refractivity contribution < 1.29 is 0 Å². The van der Waals surface area contributed by atoms with Crippen LogP contribution < -0.4 is 0 Å². The number of nitrogens with one attached hydrogen (secondary N) is 1. The number of rotatable bonds is 3. The molecule has 0 amide bonds. The quantitative estimate of drug-likeness (QED) is 0.415. The fraction of sp³-hybridized carbons (Fsp3) is 0. The molecule has 0 unspecified atom stereocenters. The molecule has 4 aromatic rings. The van der Waals surface area contributed by atoms with Gasteiger partial charge >= 0.3 is 0 Å². The van der Waals surface area contributed by atoms with E-state index in [4.69, 9.17) is 12.2 Å². The van der Waals surface area contributed by atoms with Gasteiger partial charge in [0.1, 0.15) is 4.64 Å². The number of hydrogen-bond acceptors (Lipinski definition) is 7. The van der Waals surface area contributed by atoms with Crippen molar-refractivity contribution in [3.05, 3.63) is 65.6 Å². The van der Waals surface area contributed by atoms with Crippen LogP contribution in [0.4, 0.5) is 0 Å². The molecule has 0 saturated carbocycles. The molecule has 0 fully saturated rings. The molecule has 0 aliphatic heterocycles. The van der Waals surface area contributed by atoms with Crippen LogP contribution in [0.15, 0.2) is 65.8 Å². The molecule has 0 saturated heterocycles. The predicted octanol–water partition coefficient (Wildman–Crippen LogP) is 4.01. The third-order valence-electron chi connectivity index (χ3n) is 3.71. The second-order valence-corrected chi connectivity index (χ2v) is 6.42. The first-order valence-electron chi connectivity index (χ1n) is 7.71. The van der Waals surface area contributed by atoms with Gasteiger partial charge in [0.15, 0.2) is 11.5 Å². The van der Waals surface area contributed by atoms with Gasteiger partial charge in [0.25, 0.3) is 0 Å². The fourth-order valence-electron chi connectivity index (χ4n) is 2.38. The van der Waals surface area contributed by atoms with Gasteiger partial charge in [-0.15, -0.1) is 22.8 Å². The van der Waals surface area contributed by atoms with Crippen LogP contribution in [0.25, 0.3) is 34.0 Å². The van der Waals surface area contributed by atoms with Gasteiger partial charge in [-0.3, -0.25) is 5.10 Å². The maximum Gasteiger partial charge on any atom is 0.201 e. The first-order chi connectivity index (χ1) is 12.7. The Hall–Kier alpha value is -2.97. The molecule has 0 atom stereocenters. The molecule has 0 aliphatic rings. The summed E-state index contributed by atoms with van der Waals surface area (Å²) in [5, 5.41) is 15.0. The topological polar surface area (TPSA) is 80.2 Å². The van der Waals surface area contributed by atoms with Gasteiger partial charge in [-0.2, -0.15) is 5.10 Å². The average molecular weight is 376 g/mol. The molecule has 26 heavy (non-hydrogen) atoms. The highest BCUT2D eigenvalue weighted by molar-refractivity contribution is 7.80. The predicted molar refractivity (Wildman–Crippen MR) is 104 cm³/mol. The van der Waals surface area contributed by atoms with Gasteiger partial charge in [0.2, 0.25) is 5.82 Å². The lowest BCUT2D eigenvalue weighted by Gasteiger charge is -2.04. The summed E-state index contributed by atoms with van der Waals surface area (Å²) in [6.45, 7) is 0. The number of benzene rings is 2. The summed E-state index contributed by atoms with van der Waals surface area (Å²) in [5.41, 5.74) is 3.59. The van der Waals surface area contributed by atoms with Crippen molar-refractivity contribution in [1.82, 2.24) is 30.4 Å². The molecule has 1 N–H and O–H groups in total. The van der Waals surface area contributed by atoms with Crippen molar-refractivity contribution in [3.63, 3.8) is 0 Å². The summed E-state index contributed by atoms with van der Waals surface area (Å²) in [6.07, 6.45) is 3.10. The second-order valence-electron chi connectivity index (χ2n) is 5.46. The Morgan fingerprint density at radius 2 is 1.35 bits per heavy atom. The molecule has 2 aromatic heterocycles. The molecule has 0 spiro atoms. The Kier molecular flexibility index (Phi) is 4.51. The molecule has 2 heterocycles. The van der Waals surface area contributed by atoms with Crippen LogP contribution in [-0.2, 0) is 0 Å². The number of thiol groups is 1. The molecule has 0 radical (unpaired) electrons. The number of aromatic amines is 1.